The van der Waals surface area contributed by atoms with Crippen LogP contribution in [0.4, 0.5) is 4.79 Å². The molecule has 2 aromatic heterocycles. The Bertz CT molecular complexity index is 1860. The minimum absolute atomic E-state index is 0.0981. The molecule has 4 aliphatic carbocycles. The highest BCUT2D eigenvalue weighted by Crippen LogP contribution is 2.62. The number of hydrogen-bond acceptors (Lipinski definition) is 7. The van der Waals surface area contributed by atoms with Crippen LogP contribution in [0.1, 0.15) is 95.4 Å². The molecule has 10 nitrogen and oxygen atoms in total. The number of fused-ring (bicyclic) bond motifs is 2. The number of carbonyl (C=O) groups excluding carboxylic acids is 1. The third kappa shape index (κ3) is 5.65. The first kappa shape index (κ1) is 29.6. The summed E-state index contributed by atoms with van der Waals surface area (Å²) >= 11 is 0. The van der Waals surface area contributed by atoms with Crippen molar-refractivity contribution in [3.05, 3.63) is 80.6 Å². The van der Waals surface area contributed by atoms with Crippen LogP contribution in [0.3, 0.4) is 0 Å². The van der Waals surface area contributed by atoms with Crippen LogP contribution in [-0.4, -0.2) is 44.2 Å². The van der Waals surface area contributed by atoms with Gasteiger partial charge in [0, 0.05) is 34.7 Å². The van der Waals surface area contributed by atoms with Gasteiger partial charge in [-0.2, -0.15) is 10.2 Å². The van der Waals surface area contributed by atoms with E-state index in [2.05, 4.69) is 25.7 Å². The summed E-state index contributed by atoms with van der Waals surface area (Å²) in [6.45, 7) is 5.60. The first-order chi connectivity index (χ1) is 21.4. The summed E-state index contributed by atoms with van der Waals surface area (Å²) < 4.78 is 5.32. The lowest BCUT2D eigenvalue weighted by Crippen LogP contribution is -2.56. The number of aromatic nitrogens is 4. The van der Waals surface area contributed by atoms with E-state index in [4.69, 9.17) is 10.5 Å². The topological polar surface area (TPSA) is 156 Å². The zero-order valence-electron chi connectivity index (χ0n) is 26.2. The maximum atomic E-state index is 11.9. The van der Waals surface area contributed by atoms with Crippen molar-refractivity contribution in [3.63, 3.8) is 0 Å². The molecule has 4 aromatic rings. The zero-order chi connectivity index (χ0) is 31.6. The van der Waals surface area contributed by atoms with Crippen molar-refractivity contribution in [2.45, 2.75) is 102 Å². The monoisotopic (exact) mass is 610 g/mol. The fraction of sp³-hybridized carbons (Fsp3) is 0.514. The Balaban J connectivity index is 0.000000151. The van der Waals surface area contributed by atoms with E-state index in [1.165, 1.54) is 12.8 Å². The second kappa shape index (κ2) is 10.8. The lowest BCUT2D eigenvalue weighted by molar-refractivity contribution is -0.0261. The smallest absolute Gasteiger partial charge is 0.407 e. The van der Waals surface area contributed by atoms with Gasteiger partial charge in [0.05, 0.1) is 22.2 Å². The highest BCUT2D eigenvalue weighted by Gasteiger charge is 2.54. The number of nitrogens with two attached hydrogens (primary N) is 1. The van der Waals surface area contributed by atoms with Crippen molar-refractivity contribution in [2.24, 2.45) is 16.6 Å². The van der Waals surface area contributed by atoms with Crippen molar-refractivity contribution in [1.29, 1.82) is 0 Å². The van der Waals surface area contributed by atoms with Gasteiger partial charge in [-0.25, -0.2) is 15.0 Å². The molecule has 5 N–H and O–H groups in total. The second-order valence-electron chi connectivity index (χ2n) is 15.1. The van der Waals surface area contributed by atoms with Gasteiger partial charge < -0.3 is 15.8 Å². The van der Waals surface area contributed by atoms with E-state index in [-0.39, 0.29) is 23.3 Å². The van der Waals surface area contributed by atoms with Crippen molar-refractivity contribution in [3.8, 4) is 0 Å². The fourth-order valence-corrected chi connectivity index (χ4v) is 8.53. The molecule has 0 atom stereocenters. The highest BCUT2D eigenvalue weighted by molar-refractivity contribution is 5.84. The van der Waals surface area contributed by atoms with Crippen LogP contribution in [0.15, 0.2) is 58.1 Å². The lowest BCUT2D eigenvalue weighted by atomic mass is 9.49. The predicted octanol–water partition coefficient (Wildman–Crippen LogP) is 5.38. The van der Waals surface area contributed by atoms with Gasteiger partial charge >= 0.3 is 6.09 Å². The van der Waals surface area contributed by atoms with Crippen LogP contribution in [0.25, 0.3) is 21.5 Å². The minimum Gasteiger partial charge on any atom is -0.444 e. The molecular formula is C35H42N6O4. The number of nitrogens with zero attached hydrogens (tertiary/aromatic N) is 2. The second-order valence-corrected chi connectivity index (χ2v) is 15.1. The molecule has 8 rings (SSSR count). The minimum atomic E-state index is -0.468. The van der Waals surface area contributed by atoms with E-state index in [1.54, 1.807) is 0 Å². The molecule has 0 bridgehead atoms. The number of rotatable bonds is 3. The quantitative estimate of drug-likeness (QED) is 0.243. The van der Waals surface area contributed by atoms with Gasteiger partial charge in [0.2, 0.25) is 0 Å². The van der Waals surface area contributed by atoms with Gasteiger partial charge in [0.1, 0.15) is 5.60 Å². The van der Waals surface area contributed by atoms with E-state index in [1.807, 2.05) is 69.3 Å². The Kier molecular flexibility index (Phi) is 7.11. The number of aromatic amines is 2. The normalized spacial score (nSPS) is 30.0. The third-order valence-electron chi connectivity index (χ3n) is 10.4. The van der Waals surface area contributed by atoms with Gasteiger partial charge in [-0.05, 0) is 95.1 Å². The molecule has 10 heteroatoms. The molecule has 0 saturated heterocycles. The number of benzene rings is 2. The first-order valence-electron chi connectivity index (χ1n) is 16.1. The predicted molar refractivity (Wildman–Crippen MR) is 173 cm³/mol. The molecule has 4 saturated carbocycles. The van der Waals surface area contributed by atoms with Crippen LogP contribution in [0.2, 0.25) is 0 Å². The SMILES string of the molecule is CC(C)(C)OC(=O)NC1CC2(C1)CC(c1n[nH]c(=O)c3ccccc13)C2.NC1CC2(C1)CC(c1n[nH]c(=O)c3ccccc13)C2. The van der Waals surface area contributed by atoms with Gasteiger partial charge in [-0.15, -0.1) is 0 Å². The highest BCUT2D eigenvalue weighted by atomic mass is 16.6. The van der Waals surface area contributed by atoms with Crippen molar-refractivity contribution in [2.75, 3.05) is 0 Å². The number of amides is 1. The summed E-state index contributed by atoms with van der Waals surface area (Å²) in [7, 11) is 0. The average molecular weight is 611 g/mol. The van der Waals surface area contributed by atoms with Gasteiger partial charge in [0.25, 0.3) is 11.1 Å². The van der Waals surface area contributed by atoms with Gasteiger partial charge in [-0.1, -0.05) is 36.4 Å². The molecule has 4 aliphatic rings. The van der Waals surface area contributed by atoms with Crippen molar-refractivity contribution >= 4 is 27.6 Å². The van der Waals surface area contributed by atoms with Crippen LogP contribution in [0, 0.1) is 10.8 Å². The number of ether oxygens (including phenoxy) is 1. The molecule has 0 unspecified atom stereocenters. The van der Waals surface area contributed by atoms with E-state index in [0.717, 1.165) is 66.1 Å². The number of alkyl carbamates (subject to hydrolysis) is 1. The number of nitrogens with one attached hydrogen (secondary N) is 3. The lowest BCUT2D eigenvalue weighted by Gasteiger charge is -2.57. The molecular weight excluding hydrogens is 568 g/mol. The summed E-state index contributed by atoms with van der Waals surface area (Å²) in [6.07, 6.45) is 8.42. The summed E-state index contributed by atoms with van der Waals surface area (Å²) in [6, 6.07) is 16.0. The van der Waals surface area contributed by atoms with Gasteiger partial charge in [-0.3, -0.25) is 9.59 Å². The Labute approximate surface area is 261 Å². The molecule has 0 radical (unpaired) electrons. The Morgan fingerprint density at radius 3 is 1.60 bits per heavy atom. The standard InChI is InChI=1S/C20H25N3O3.C15H17N3O/c1-19(2,3)26-18(25)21-13-10-20(11-13)8-12(9-20)16-14-6-4-5-7-15(14)17(24)23-22-16;16-10-7-15(8-10)5-9(6-15)13-11-3-1-2-4-12(11)14(19)18-17-13/h4-7,12-13H,8-11H2,1-3H3,(H,21,25)(H,23,24);1-4,9-10H,5-8,16H2,(H,18,19). The largest absolute Gasteiger partial charge is 0.444 e. The Hall–Kier alpha value is -4.05. The van der Waals surface area contributed by atoms with E-state index in [0.29, 0.717) is 34.1 Å². The Morgan fingerprint density at radius 1 is 0.756 bits per heavy atom. The van der Waals surface area contributed by atoms with Crippen LogP contribution in [-0.2, 0) is 4.74 Å². The van der Waals surface area contributed by atoms with E-state index in [9.17, 15) is 14.4 Å². The summed E-state index contributed by atoms with van der Waals surface area (Å²) in [5.74, 6) is 0.855. The first-order valence-corrected chi connectivity index (χ1v) is 16.1. The fourth-order valence-electron chi connectivity index (χ4n) is 8.53. The number of hydrogen-bond donors (Lipinski definition) is 4. The van der Waals surface area contributed by atoms with Gasteiger partial charge in [0.15, 0.2) is 0 Å². The average Bonchev–Trinajstić information content (AvgIpc) is 2.91. The third-order valence-corrected chi connectivity index (χ3v) is 10.4. The van der Waals surface area contributed by atoms with Crippen LogP contribution < -0.4 is 22.2 Å². The van der Waals surface area contributed by atoms with Crippen molar-refractivity contribution in [1.82, 2.24) is 25.7 Å². The molecule has 45 heavy (non-hydrogen) atoms. The molecule has 1 amide bonds. The van der Waals surface area contributed by atoms with E-state index < -0.39 is 5.60 Å². The summed E-state index contributed by atoms with van der Waals surface area (Å²) in [5, 5.41) is 20.3. The molecule has 2 heterocycles. The van der Waals surface area contributed by atoms with Crippen LogP contribution in [0.5, 0.6) is 0 Å². The maximum Gasteiger partial charge on any atom is 0.407 e. The molecule has 4 fully saturated rings. The molecule has 236 valence electrons. The van der Waals surface area contributed by atoms with Crippen LogP contribution >= 0.6 is 0 Å². The molecule has 2 aromatic carbocycles. The Morgan fingerprint density at radius 2 is 1.18 bits per heavy atom. The number of H-pyrrole nitrogens is 2. The maximum absolute atomic E-state index is 11.9. The number of carbonyl (C=O) groups is 1. The molecule has 2 spiro atoms. The van der Waals surface area contributed by atoms with Crippen molar-refractivity contribution < 1.29 is 9.53 Å². The summed E-state index contributed by atoms with van der Waals surface area (Å²) in [5.41, 5.74) is 8.04. The van der Waals surface area contributed by atoms with E-state index >= 15 is 0 Å². The summed E-state index contributed by atoms with van der Waals surface area (Å²) in [4.78, 5) is 35.6. The zero-order valence-corrected chi connectivity index (χ0v) is 26.2. The molecule has 0 aliphatic heterocycles.